The van der Waals surface area contributed by atoms with Crippen LogP contribution in [0.3, 0.4) is 0 Å². The maximum absolute atomic E-state index is 15.5. The number of rotatable bonds is 23. The number of anilines is 1. The highest BCUT2D eigenvalue weighted by Gasteiger charge is 2.78. The highest BCUT2D eigenvalue weighted by atomic mass is 16.7. The van der Waals surface area contributed by atoms with Crippen molar-refractivity contribution in [3.63, 3.8) is 0 Å². The van der Waals surface area contributed by atoms with Gasteiger partial charge in [-0.2, -0.15) is 0 Å². The van der Waals surface area contributed by atoms with Gasteiger partial charge in [0.25, 0.3) is 5.91 Å². The number of aliphatic hydroxyl groups is 4. The predicted octanol–water partition coefficient (Wildman–Crippen LogP) is 3.27. The lowest BCUT2D eigenvalue weighted by atomic mass is 9.47. The lowest BCUT2D eigenvalue weighted by molar-refractivity contribution is -0.203. The van der Waals surface area contributed by atoms with Crippen LogP contribution >= 0.6 is 0 Å². The first-order chi connectivity index (χ1) is 39.3. The first-order valence-electron chi connectivity index (χ1n) is 29.4. The summed E-state index contributed by atoms with van der Waals surface area (Å²) in [6.07, 6.45) is 4.61. The number of para-hydroxylation sites is 1. The molecule has 2 amide bonds. The largest absolute Gasteiger partial charge is 0.496 e. The number of nitrogens with zero attached hydrogens (tertiary/aromatic N) is 3. The second kappa shape index (κ2) is 24.5. The highest BCUT2D eigenvalue weighted by Crippen LogP contribution is 2.67. The van der Waals surface area contributed by atoms with Crippen molar-refractivity contribution in [1.29, 1.82) is 0 Å². The van der Waals surface area contributed by atoms with Crippen LogP contribution < -0.4 is 20.3 Å². The zero-order chi connectivity index (χ0) is 58.9. The Bertz CT molecular complexity index is 2880. The molecule has 3 fully saturated rings. The molecule has 82 heavy (non-hydrogen) atoms. The van der Waals surface area contributed by atoms with Crippen molar-refractivity contribution in [2.45, 2.75) is 157 Å². The summed E-state index contributed by atoms with van der Waals surface area (Å²) in [5.41, 5.74) is -2.33. The number of fused-ring (bicyclic) bond motifs is 6. The Hall–Kier alpha value is -5.65. The van der Waals surface area contributed by atoms with E-state index in [1.165, 1.54) is 21.1 Å². The number of amides is 2. The van der Waals surface area contributed by atoms with Crippen LogP contribution in [0.1, 0.15) is 114 Å². The SMILES string of the molecule is CCC(CO)OC(COC(=O)CCCC(=O)N[C@H](C)C(=O)OCCCNC(=O)[C@]1(O)C2N(C)c3cc(OC)c(C4(C(=O)OC)CC5CN(CCc6c4[nH]c4ccccc64)CC(O)(CC)C5)cc3C23CCN2CC=C[C@](CC)(C23)[C@H]1O)OC. The van der Waals surface area contributed by atoms with Crippen LogP contribution in [0.2, 0.25) is 0 Å². The van der Waals surface area contributed by atoms with Crippen LogP contribution in [0.4, 0.5) is 5.69 Å². The molecule has 450 valence electrons. The van der Waals surface area contributed by atoms with E-state index in [2.05, 4.69) is 37.6 Å². The van der Waals surface area contributed by atoms with E-state index in [1.54, 1.807) is 7.11 Å². The number of hydrogen-bond acceptors (Lipinski definition) is 18. The molecule has 2 aromatic carbocycles. The standard InChI is InChI=1S/C61H86N6O15/c1-9-39(34-68)82-49(78-7)35-81-48(70)20-14-19-47(69)63-37(4)51(71)80-28-16-24-62-55(73)61(76)53-59(23-27-67-25-15-22-58(11-3,52(59)67)54(61)72)42-29-43(46(77-6)30-45(42)65(53)5)60(56(74)79-8)32-38-31-57(75,10-2)36-66(33-38)26-21-41-40-17-12-13-18-44(40)64-50(41)60/h12-13,15,17-18,22,29-30,37-39,49,52-54,64,68,72,75-76H,9-11,14,16,19-21,23-28,31-36H2,1-8H3,(H,62,73)(H,63,69)/t37-,38?,39?,49?,52?,53?,54-,57?,58-,59?,60?,61+/m1/s1. The van der Waals surface area contributed by atoms with Gasteiger partial charge in [-0.1, -0.05) is 51.1 Å². The van der Waals surface area contributed by atoms with Crippen molar-refractivity contribution in [1.82, 2.24) is 25.4 Å². The number of aliphatic hydroxyl groups excluding tert-OH is 2. The summed E-state index contributed by atoms with van der Waals surface area (Å²) in [6.45, 7) is 9.80. The van der Waals surface area contributed by atoms with Crippen LogP contribution in [0.15, 0.2) is 48.6 Å². The highest BCUT2D eigenvalue weighted by molar-refractivity contribution is 5.95. The van der Waals surface area contributed by atoms with Gasteiger partial charge in [0.15, 0.2) is 11.9 Å². The molecule has 5 aliphatic heterocycles. The number of H-pyrrole nitrogens is 1. The normalized spacial score (nSPS) is 31.0. The number of hydrogen-bond donors (Lipinski definition) is 7. The Morgan fingerprint density at radius 3 is 2.43 bits per heavy atom. The summed E-state index contributed by atoms with van der Waals surface area (Å²) >= 11 is 0. The predicted molar refractivity (Wildman–Crippen MR) is 303 cm³/mol. The van der Waals surface area contributed by atoms with Crippen LogP contribution in [0, 0.1) is 11.3 Å². The van der Waals surface area contributed by atoms with Gasteiger partial charge in [0.1, 0.15) is 29.9 Å². The maximum Gasteiger partial charge on any atom is 0.328 e. The molecule has 7 N–H and O–H groups in total. The molecule has 1 spiro atoms. The minimum Gasteiger partial charge on any atom is -0.496 e. The van der Waals surface area contributed by atoms with E-state index < -0.39 is 87.8 Å². The number of piperidine rings is 1. The maximum atomic E-state index is 15.5. The van der Waals surface area contributed by atoms with Gasteiger partial charge in [-0.15, -0.1) is 0 Å². The topological polar surface area (TPSA) is 271 Å². The summed E-state index contributed by atoms with van der Waals surface area (Å²) in [5, 5.41) is 54.6. The second-order valence-electron chi connectivity index (χ2n) is 23.7. The third-order valence-corrected chi connectivity index (χ3v) is 19.2. The Labute approximate surface area is 480 Å². The minimum absolute atomic E-state index is 0.0328. The van der Waals surface area contributed by atoms with Crippen LogP contribution in [0.25, 0.3) is 10.9 Å². The van der Waals surface area contributed by atoms with E-state index in [4.69, 9.17) is 28.4 Å². The second-order valence-corrected chi connectivity index (χ2v) is 23.7. The van der Waals surface area contributed by atoms with Crippen molar-refractivity contribution < 1.29 is 72.8 Å². The molecule has 0 radical (unpaired) electrons. The van der Waals surface area contributed by atoms with E-state index in [0.29, 0.717) is 93.9 Å². The van der Waals surface area contributed by atoms with Crippen LogP contribution in [-0.4, -0.2) is 200 Å². The van der Waals surface area contributed by atoms with Crippen molar-refractivity contribution in [2.75, 3.05) is 92.4 Å². The van der Waals surface area contributed by atoms with Gasteiger partial charge in [-0.3, -0.25) is 29.0 Å². The minimum atomic E-state index is -2.42. The van der Waals surface area contributed by atoms with Gasteiger partial charge in [0.05, 0.1) is 45.2 Å². The third-order valence-electron chi connectivity index (χ3n) is 19.2. The molecule has 9 unspecified atom stereocenters. The monoisotopic (exact) mass is 1140 g/mol. The zero-order valence-electron chi connectivity index (χ0n) is 48.9. The van der Waals surface area contributed by atoms with Gasteiger partial charge < -0.3 is 69.4 Å². The number of esters is 3. The Balaban J connectivity index is 0.962. The van der Waals surface area contributed by atoms with Gasteiger partial charge in [0, 0.05) is 111 Å². The number of likely N-dealkylation sites (N-methyl/N-ethyl adjacent to an activating group) is 1. The molecular formula is C61H86N6O15. The number of ether oxygens (including phenoxy) is 6. The number of carbonyl (C=O) groups is 5. The van der Waals surface area contributed by atoms with E-state index >= 15 is 9.59 Å². The molecule has 6 heterocycles. The first-order valence-corrected chi connectivity index (χ1v) is 29.4. The molecule has 9 rings (SSSR count). The van der Waals surface area contributed by atoms with Gasteiger partial charge in [-0.25, -0.2) is 4.79 Å². The molecule has 2 bridgehead atoms. The fourth-order valence-corrected chi connectivity index (χ4v) is 15.4. The summed E-state index contributed by atoms with van der Waals surface area (Å²) in [6, 6.07) is 9.63. The number of aromatic nitrogens is 1. The van der Waals surface area contributed by atoms with E-state index in [9.17, 15) is 34.8 Å². The Morgan fingerprint density at radius 2 is 1.72 bits per heavy atom. The molecule has 3 aromatic rings. The summed E-state index contributed by atoms with van der Waals surface area (Å²) in [4.78, 5) is 79.2. The smallest absolute Gasteiger partial charge is 0.328 e. The quantitative estimate of drug-likeness (QED) is 0.0236. The van der Waals surface area contributed by atoms with Gasteiger partial charge in [0.2, 0.25) is 5.91 Å². The number of nitrogens with one attached hydrogen (secondary N) is 3. The Kier molecular flexibility index (Phi) is 18.2. The van der Waals surface area contributed by atoms with E-state index in [0.717, 1.165) is 22.0 Å². The van der Waals surface area contributed by atoms with E-state index in [-0.39, 0.29) is 70.4 Å². The first kappa shape index (κ1) is 60.9. The van der Waals surface area contributed by atoms with E-state index in [1.807, 2.05) is 69.1 Å². The molecule has 1 aromatic heterocycles. The van der Waals surface area contributed by atoms with Crippen LogP contribution in [0.5, 0.6) is 5.75 Å². The number of benzene rings is 2. The van der Waals surface area contributed by atoms with Crippen molar-refractivity contribution >= 4 is 46.3 Å². The summed E-state index contributed by atoms with van der Waals surface area (Å²) < 4.78 is 33.9. The number of aromatic amines is 1. The molecule has 21 nitrogen and oxygen atoms in total. The molecular weight excluding hydrogens is 1060 g/mol. The van der Waals surface area contributed by atoms with Crippen LogP contribution in [-0.2, 0) is 64.9 Å². The average Bonchev–Trinajstić information content (AvgIpc) is 3.18. The van der Waals surface area contributed by atoms with Gasteiger partial charge >= 0.3 is 17.9 Å². The van der Waals surface area contributed by atoms with Crippen molar-refractivity contribution in [3.05, 3.63) is 70.9 Å². The summed E-state index contributed by atoms with van der Waals surface area (Å²) in [5.74, 6) is -2.75. The molecule has 2 saturated heterocycles. The fourth-order valence-electron chi connectivity index (χ4n) is 15.4. The molecule has 6 aliphatic rings. The lowest BCUT2D eigenvalue weighted by Gasteiger charge is -2.63. The third kappa shape index (κ3) is 10.5. The molecule has 1 aliphatic carbocycles. The fraction of sp³-hybridized carbons (Fsp3) is 0.656. The average molecular weight is 1140 g/mol. The number of carbonyl (C=O) groups excluding carboxylic acids is 5. The Morgan fingerprint density at radius 1 is 0.939 bits per heavy atom. The van der Waals surface area contributed by atoms with Crippen molar-refractivity contribution in [3.8, 4) is 5.75 Å². The summed E-state index contributed by atoms with van der Waals surface area (Å²) in [7, 11) is 6.22. The molecule has 13 atom stereocenters. The molecule has 1 saturated carbocycles. The number of methoxy groups -OCH3 is 3. The van der Waals surface area contributed by atoms with Crippen molar-refractivity contribution in [2.24, 2.45) is 11.3 Å². The molecule has 21 heteroatoms. The van der Waals surface area contributed by atoms with Gasteiger partial charge in [-0.05, 0) is 100 Å². The zero-order valence-corrected chi connectivity index (χ0v) is 48.9. The lowest BCUT2D eigenvalue weighted by Crippen LogP contribution is -2.81.